The number of imidazole rings is 1. The lowest BCUT2D eigenvalue weighted by atomic mass is 9.81. The zero-order chi connectivity index (χ0) is 13.5. The van der Waals surface area contributed by atoms with E-state index in [1.807, 2.05) is 0 Å². The molecular formula is C15H27N3. The second kappa shape index (κ2) is 4.60. The van der Waals surface area contributed by atoms with E-state index in [1.54, 1.807) is 0 Å². The maximum atomic E-state index is 6.36. The van der Waals surface area contributed by atoms with Gasteiger partial charge in [-0.1, -0.05) is 19.8 Å². The third kappa shape index (κ3) is 2.40. The molecule has 0 aliphatic heterocycles. The summed E-state index contributed by atoms with van der Waals surface area (Å²) in [5.41, 5.74) is 7.52. The number of nitrogens with two attached hydrogens (primary N) is 1. The van der Waals surface area contributed by atoms with Crippen molar-refractivity contribution in [3.8, 4) is 0 Å². The van der Waals surface area contributed by atoms with Crippen LogP contribution in [0.5, 0.6) is 0 Å². The Kier molecular flexibility index (Phi) is 3.43. The van der Waals surface area contributed by atoms with Gasteiger partial charge in [0, 0.05) is 11.5 Å². The Balaban J connectivity index is 2.30. The van der Waals surface area contributed by atoms with Gasteiger partial charge in [0.2, 0.25) is 0 Å². The number of rotatable bonds is 1. The zero-order valence-electron chi connectivity index (χ0n) is 12.5. The normalized spacial score (nSPS) is 25.4. The number of hydrogen-bond acceptors (Lipinski definition) is 2. The minimum absolute atomic E-state index is 0.0153. The number of nitrogens with zero attached hydrogens (tertiary/aromatic N) is 2. The summed E-state index contributed by atoms with van der Waals surface area (Å²) in [6, 6.07) is 0. The quantitative estimate of drug-likeness (QED) is 0.822. The van der Waals surface area contributed by atoms with Crippen LogP contribution in [0.3, 0.4) is 0 Å². The molecule has 18 heavy (non-hydrogen) atoms. The fourth-order valence-electron chi connectivity index (χ4n) is 3.25. The van der Waals surface area contributed by atoms with Crippen molar-refractivity contribution in [1.82, 2.24) is 9.55 Å². The molecule has 0 unspecified atom stereocenters. The molecule has 0 aromatic carbocycles. The maximum absolute atomic E-state index is 6.36. The topological polar surface area (TPSA) is 43.8 Å². The predicted molar refractivity (Wildman–Crippen MR) is 76.7 cm³/mol. The Morgan fingerprint density at radius 2 is 1.72 bits per heavy atom. The third-order valence-electron chi connectivity index (χ3n) is 4.18. The van der Waals surface area contributed by atoms with Crippen molar-refractivity contribution >= 4 is 5.82 Å². The summed E-state index contributed by atoms with van der Waals surface area (Å²) in [5, 5.41) is 0. The van der Waals surface area contributed by atoms with Gasteiger partial charge in [-0.25, -0.2) is 4.98 Å². The molecule has 1 heterocycles. The van der Waals surface area contributed by atoms with Crippen molar-refractivity contribution in [3.63, 3.8) is 0 Å². The molecule has 1 fully saturated rings. The highest BCUT2D eigenvalue weighted by atomic mass is 15.2. The van der Waals surface area contributed by atoms with E-state index in [9.17, 15) is 0 Å². The lowest BCUT2D eigenvalue weighted by Crippen LogP contribution is -2.25. The molecule has 0 amide bonds. The van der Waals surface area contributed by atoms with Crippen LogP contribution in [-0.4, -0.2) is 9.55 Å². The predicted octanol–water partition coefficient (Wildman–Crippen LogP) is 3.82. The Bertz CT molecular complexity index is 418. The minimum Gasteiger partial charge on any atom is -0.384 e. The molecule has 102 valence electrons. The van der Waals surface area contributed by atoms with Crippen LogP contribution < -0.4 is 5.73 Å². The van der Waals surface area contributed by atoms with Gasteiger partial charge in [-0.2, -0.15) is 0 Å². The summed E-state index contributed by atoms with van der Waals surface area (Å²) in [6.45, 7) is 11.0. The van der Waals surface area contributed by atoms with Crippen molar-refractivity contribution < 1.29 is 0 Å². The number of aromatic nitrogens is 2. The molecule has 3 nitrogen and oxygen atoms in total. The molecule has 1 aliphatic carbocycles. The second-order valence-corrected chi connectivity index (χ2v) is 6.89. The van der Waals surface area contributed by atoms with E-state index in [-0.39, 0.29) is 5.54 Å². The van der Waals surface area contributed by atoms with Crippen LogP contribution in [0.2, 0.25) is 0 Å². The van der Waals surface area contributed by atoms with E-state index in [1.165, 1.54) is 25.7 Å². The molecule has 0 bridgehead atoms. The van der Waals surface area contributed by atoms with E-state index >= 15 is 0 Å². The summed E-state index contributed by atoms with van der Waals surface area (Å²) in [6.07, 6.45) is 5.11. The number of aryl methyl sites for hydroxylation is 1. The molecule has 1 saturated carbocycles. The molecule has 0 saturated heterocycles. The van der Waals surface area contributed by atoms with Crippen molar-refractivity contribution in [2.45, 2.75) is 71.8 Å². The standard InChI is InChI=1S/C15H27N3/c1-10-6-8-12(9-7-10)13-14(16)18(11(2)17-13)15(3,4)5/h10,12H,6-9,16H2,1-5H3. The van der Waals surface area contributed by atoms with Crippen LogP contribution in [0.15, 0.2) is 0 Å². The lowest BCUT2D eigenvalue weighted by molar-refractivity contribution is 0.344. The summed E-state index contributed by atoms with van der Waals surface area (Å²) in [4.78, 5) is 4.76. The van der Waals surface area contributed by atoms with Gasteiger partial charge in [-0.3, -0.25) is 0 Å². The van der Waals surface area contributed by atoms with Crippen molar-refractivity contribution in [1.29, 1.82) is 0 Å². The number of anilines is 1. The molecule has 0 atom stereocenters. The van der Waals surface area contributed by atoms with Gasteiger partial charge in [0.1, 0.15) is 11.6 Å². The summed E-state index contributed by atoms with van der Waals surface area (Å²) < 4.78 is 2.18. The van der Waals surface area contributed by atoms with Gasteiger partial charge in [0.25, 0.3) is 0 Å². The molecule has 1 aliphatic rings. The first kappa shape index (κ1) is 13.4. The highest BCUT2D eigenvalue weighted by Crippen LogP contribution is 2.38. The number of hydrogen-bond donors (Lipinski definition) is 1. The van der Waals surface area contributed by atoms with Gasteiger partial charge in [0.05, 0.1) is 5.69 Å². The van der Waals surface area contributed by atoms with Gasteiger partial charge in [-0.05, 0) is 46.5 Å². The zero-order valence-corrected chi connectivity index (χ0v) is 12.5. The summed E-state index contributed by atoms with van der Waals surface area (Å²) in [7, 11) is 0. The van der Waals surface area contributed by atoms with Crippen molar-refractivity contribution in [3.05, 3.63) is 11.5 Å². The second-order valence-electron chi connectivity index (χ2n) is 6.89. The van der Waals surface area contributed by atoms with E-state index in [0.29, 0.717) is 5.92 Å². The van der Waals surface area contributed by atoms with Gasteiger partial charge < -0.3 is 10.3 Å². The highest BCUT2D eigenvalue weighted by molar-refractivity contribution is 5.42. The monoisotopic (exact) mass is 249 g/mol. The molecular weight excluding hydrogens is 222 g/mol. The Hall–Kier alpha value is -0.990. The van der Waals surface area contributed by atoms with Gasteiger partial charge >= 0.3 is 0 Å². The highest BCUT2D eigenvalue weighted by Gasteiger charge is 2.28. The number of nitrogen functional groups attached to an aromatic ring is 1. The lowest BCUT2D eigenvalue weighted by Gasteiger charge is -2.27. The van der Waals surface area contributed by atoms with Crippen LogP contribution in [0.25, 0.3) is 0 Å². The van der Waals surface area contributed by atoms with Crippen LogP contribution in [0, 0.1) is 12.8 Å². The fraction of sp³-hybridized carbons (Fsp3) is 0.800. The smallest absolute Gasteiger partial charge is 0.127 e. The third-order valence-corrected chi connectivity index (χ3v) is 4.18. The molecule has 3 heteroatoms. The molecule has 0 spiro atoms. The van der Waals surface area contributed by atoms with E-state index < -0.39 is 0 Å². The first-order valence-corrected chi connectivity index (χ1v) is 7.16. The van der Waals surface area contributed by atoms with E-state index in [4.69, 9.17) is 10.7 Å². The first-order valence-electron chi connectivity index (χ1n) is 7.16. The largest absolute Gasteiger partial charge is 0.384 e. The fourth-order valence-corrected chi connectivity index (χ4v) is 3.25. The minimum atomic E-state index is 0.0153. The summed E-state index contributed by atoms with van der Waals surface area (Å²) in [5.74, 6) is 3.38. The van der Waals surface area contributed by atoms with Crippen LogP contribution in [0.4, 0.5) is 5.82 Å². The van der Waals surface area contributed by atoms with Gasteiger partial charge in [-0.15, -0.1) is 0 Å². The van der Waals surface area contributed by atoms with Crippen molar-refractivity contribution in [2.24, 2.45) is 5.92 Å². The van der Waals surface area contributed by atoms with E-state index in [0.717, 1.165) is 23.3 Å². The molecule has 2 rings (SSSR count). The first-order chi connectivity index (χ1) is 8.30. The van der Waals surface area contributed by atoms with E-state index in [2.05, 4.69) is 39.2 Å². The SMILES string of the molecule is Cc1nc(C2CCC(C)CC2)c(N)n1C(C)(C)C. The Morgan fingerprint density at radius 3 is 2.17 bits per heavy atom. The van der Waals surface area contributed by atoms with Gasteiger partial charge in [0.15, 0.2) is 0 Å². The van der Waals surface area contributed by atoms with Crippen molar-refractivity contribution in [2.75, 3.05) is 5.73 Å². The molecule has 1 aromatic heterocycles. The Labute approximate surface area is 111 Å². The maximum Gasteiger partial charge on any atom is 0.127 e. The Morgan fingerprint density at radius 1 is 1.17 bits per heavy atom. The van der Waals surface area contributed by atoms with Crippen LogP contribution in [-0.2, 0) is 5.54 Å². The molecule has 1 aromatic rings. The van der Waals surface area contributed by atoms with Crippen LogP contribution in [0.1, 0.15) is 70.8 Å². The van der Waals surface area contributed by atoms with Crippen LogP contribution >= 0.6 is 0 Å². The average molecular weight is 249 g/mol. The summed E-state index contributed by atoms with van der Waals surface area (Å²) >= 11 is 0. The average Bonchev–Trinajstić information content (AvgIpc) is 2.54. The molecule has 0 radical (unpaired) electrons. The molecule has 2 N–H and O–H groups in total.